The molecule has 0 radical (unpaired) electrons. The minimum Gasteiger partial charge on any atom is -0.341 e. The van der Waals surface area contributed by atoms with Crippen molar-refractivity contribution in [2.45, 2.75) is 27.2 Å². The molecule has 0 aromatic heterocycles. The summed E-state index contributed by atoms with van der Waals surface area (Å²) in [6.07, 6.45) is 0.458. The fraction of sp³-hybridized carbons (Fsp3) is 0.889. The second-order valence-electron chi connectivity index (χ2n) is 2.89. The molecule has 4 nitrogen and oxygen atoms in total. The molecule has 1 rings (SSSR count). The molecule has 0 bridgehead atoms. The molecule has 0 aromatic carbocycles. The van der Waals surface area contributed by atoms with Gasteiger partial charge in [0, 0.05) is 19.5 Å². The molecule has 1 aliphatic heterocycles. The molecule has 1 aliphatic rings. The van der Waals surface area contributed by atoms with Crippen LogP contribution in [0.4, 0.5) is 0 Å². The molecule has 1 saturated heterocycles. The van der Waals surface area contributed by atoms with Crippen LogP contribution in [0.2, 0.25) is 0 Å². The first-order valence-electron chi connectivity index (χ1n) is 5.03. The molecule has 0 unspecified atom stereocenters. The molecule has 84 valence electrons. The van der Waals surface area contributed by atoms with Crippen LogP contribution in [0.15, 0.2) is 0 Å². The highest BCUT2D eigenvalue weighted by molar-refractivity contribution is 7.91. The quantitative estimate of drug-likeness (QED) is 0.654. The van der Waals surface area contributed by atoms with Crippen LogP contribution in [0.3, 0.4) is 0 Å². The number of carbonyl (C=O) groups is 1. The molecule has 0 N–H and O–H groups in total. The minimum atomic E-state index is -2.85. The van der Waals surface area contributed by atoms with E-state index >= 15 is 0 Å². The molecule has 0 aromatic rings. The number of nitrogens with zero attached hydrogens (tertiary/aromatic N) is 1. The van der Waals surface area contributed by atoms with E-state index in [9.17, 15) is 13.2 Å². The Morgan fingerprint density at radius 2 is 1.64 bits per heavy atom. The second-order valence-corrected chi connectivity index (χ2v) is 5.19. The van der Waals surface area contributed by atoms with Gasteiger partial charge < -0.3 is 4.90 Å². The van der Waals surface area contributed by atoms with Crippen molar-refractivity contribution in [2.75, 3.05) is 24.6 Å². The lowest BCUT2D eigenvalue weighted by atomic mass is 10.4. The maximum atomic E-state index is 11.1. The van der Waals surface area contributed by atoms with E-state index in [0.717, 1.165) is 0 Å². The predicted octanol–water partition coefficient (Wildman–Crippen LogP) is 0.680. The van der Waals surface area contributed by atoms with Crippen molar-refractivity contribution in [1.82, 2.24) is 4.90 Å². The SMILES string of the molecule is CC.CCC(=O)N1CCS(=O)(=O)CC1. The number of hydrogen-bond donors (Lipinski definition) is 0. The number of sulfone groups is 1. The topological polar surface area (TPSA) is 54.5 Å². The summed E-state index contributed by atoms with van der Waals surface area (Å²) in [5.41, 5.74) is 0. The highest BCUT2D eigenvalue weighted by atomic mass is 32.2. The van der Waals surface area contributed by atoms with Gasteiger partial charge in [0.2, 0.25) is 5.91 Å². The van der Waals surface area contributed by atoms with Crippen molar-refractivity contribution in [1.29, 1.82) is 0 Å². The number of hydrogen-bond acceptors (Lipinski definition) is 3. The van der Waals surface area contributed by atoms with Gasteiger partial charge in [0.15, 0.2) is 9.84 Å². The Bertz CT molecular complexity index is 258. The molecule has 1 fully saturated rings. The molecule has 0 aliphatic carbocycles. The van der Waals surface area contributed by atoms with Gasteiger partial charge in [-0.1, -0.05) is 20.8 Å². The molecule has 5 heteroatoms. The molecule has 1 amide bonds. The molecule has 0 saturated carbocycles. The van der Waals surface area contributed by atoms with Crippen LogP contribution < -0.4 is 0 Å². The molecular weight excluding hydrogens is 202 g/mol. The van der Waals surface area contributed by atoms with Crippen LogP contribution in [-0.2, 0) is 14.6 Å². The van der Waals surface area contributed by atoms with E-state index < -0.39 is 9.84 Å². The van der Waals surface area contributed by atoms with Crippen molar-refractivity contribution in [3.05, 3.63) is 0 Å². The Morgan fingerprint density at radius 3 is 2.00 bits per heavy atom. The van der Waals surface area contributed by atoms with E-state index in [-0.39, 0.29) is 17.4 Å². The van der Waals surface area contributed by atoms with Crippen LogP contribution in [0.5, 0.6) is 0 Å². The average Bonchev–Trinajstić information content (AvgIpc) is 2.20. The smallest absolute Gasteiger partial charge is 0.222 e. The van der Waals surface area contributed by atoms with Gasteiger partial charge in [-0.2, -0.15) is 0 Å². The zero-order valence-corrected chi connectivity index (χ0v) is 9.93. The van der Waals surface area contributed by atoms with E-state index in [4.69, 9.17) is 0 Å². The van der Waals surface area contributed by atoms with Crippen molar-refractivity contribution >= 4 is 15.7 Å². The summed E-state index contributed by atoms with van der Waals surface area (Å²) < 4.78 is 21.9. The Hall–Kier alpha value is -0.580. The molecule has 14 heavy (non-hydrogen) atoms. The lowest BCUT2D eigenvalue weighted by molar-refractivity contribution is -0.130. The highest BCUT2D eigenvalue weighted by Crippen LogP contribution is 2.04. The highest BCUT2D eigenvalue weighted by Gasteiger charge is 2.23. The van der Waals surface area contributed by atoms with Crippen molar-refractivity contribution in [3.8, 4) is 0 Å². The third-order valence-corrected chi connectivity index (χ3v) is 3.61. The summed E-state index contributed by atoms with van der Waals surface area (Å²) in [5, 5.41) is 0. The van der Waals surface area contributed by atoms with E-state index in [1.165, 1.54) is 0 Å². The maximum Gasteiger partial charge on any atom is 0.222 e. The third-order valence-electron chi connectivity index (χ3n) is 2.00. The van der Waals surface area contributed by atoms with Gasteiger partial charge in [0.25, 0.3) is 0 Å². The van der Waals surface area contributed by atoms with E-state index in [1.807, 2.05) is 13.8 Å². The van der Waals surface area contributed by atoms with Gasteiger partial charge in [-0.05, 0) is 0 Å². The number of carbonyl (C=O) groups excluding carboxylic acids is 1. The lowest BCUT2D eigenvalue weighted by Crippen LogP contribution is -2.43. The molecular formula is C9H19NO3S. The Kier molecular flexibility index (Phi) is 5.76. The zero-order chi connectivity index (χ0) is 11.2. The summed E-state index contributed by atoms with van der Waals surface area (Å²) in [6, 6.07) is 0. The van der Waals surface area contributed by atoms with Crippen LogP contribution in [0.1, 0.15) is 27.2 Å². The molecule has 1 heterocycles. The lowest BCUT2D eigenvalue weighted by Gasteiger charge is -2.26. The second kappa shape index (κ2) is 6.01. The van der Waals surface area contributed by atoms with E-state index in [2.05, 4.69) is 0 Å². The van der Waals surface area contributed by atoms with Crippen LogP contribution in [0, 0.1) is 0 Å². The molecule has 0 atom stereocenters. The Labute approximate surface area is 86.2 Å². The zero-order valence-electron chi connectivity index (χ0n) is 9.12. The third kappa shape index (κ3) is 4.09. The van der Waals surface area contributed by atoms with Gasteiger partial charge in [-0.15, -0.1) is 0 Å². The molecule has 0 spiro atoms. The first kappa shape index (κ1) is 13.4. The van der Waals surface area contributed by atoms with Gasteiger partial charge in [0.1, 0.15) is 0 Å². The van der Waals surface area contributed by atoms with E-state index in [1.54, 1.807) is 11.8 Å². The summed E-state index contributed by atoms with van der Waals surface area (Å²) >= 11 is 0. The average molecular weight is 221 g/mol. The van der Waals surface area contributed by atoms with Crippen LogP contribution in [-0.4, -0.2) is 43.8 Å². The monoisotopic (exact) mass is 221 g/mol. The van der Waals surface area contributed by atoms with Crippen LogP contribution in [0.25, 0.3) is 0 Å². The Balaban J connectivity index is 0.000000791. The maximum absolute atomic E-state index is 11.1. The van der Waals surface area contributed by atoms with Crippen molar-refractivity contribution in [2.24, 2.45) is 0 Å². The summed E-state index contributed by atoms with van der Waals surface area (Å²) in [7, 11) is -2.85. The first-order valence-corrected chi connectivity index (χ1v) is 6.85. The fourth-order valence-electron chi connectivity index (χ4n) is 1.19. The fourth-order valence-corrected chi connectivity index (χ4v) is 2.39. The van der Waals surface area contributed by atoms with Crippen LogP contribution >= 0.6 is 0 Å². The minimum absolute atomic E-state index is 0.0462. The van der Waals surface area contributed by atoms with Gasteiger partial charge in [-0.3, -0.25) is 4.79 Å². The Morgan fingerprint density at radius 1 is 1.21 bits per heavy atom. The van der Waals surface area contributed by atoms with Crippen molar-refractivity contribution < 1.29 is 13.2 Å². The summed E-state index contributed by atoms with van der Waals surface area (Å²) in [4.78, 5) is 12.7. The first-order chi connectivity index (χ1) is 6.55. The van der Waals surface area contributed by atoms with Gasteiger partial charge in [0.05, 0.1) is 11.5 Å². The van der Waals surface area contributed by atoms with Gasteiger partial charge in [-0.25, -0.2) is 8.42 Å². The van der Waals surface area contributed by atoms with Crippen molar-refractivity contribution in [3.63, 3.8) is 0 Å². The number of amides is 1. The predicted molar refractivity (Wildman–Crippen MR) is 56.9 cm³/mol. The standard InChI is InChI=1S/C7H13NO3S.C2H6/c1-2-7(9)8-3-5-12(10,11)6-4-8;1-2/h2-6H2,1H3;1-2H3. The normalized spacial score (nSPS) is 19.5. The summed E-state index contributed by atoms with van der Waals surface area (Å²) in [6.45, 7) is 6.52. The largest absolute Gasteiger partial charge is 0.341 e. The van der Waals surface area contributed by atoms with E-state index in [0.29, 0.717) is 19.5 Å². The summed E-state index contributed by atoms with van der Waals surface area (Å²) in [5.74, 6) is 0.294. The number of rotatable bonds is 1. The van der Waals surface area contributed by atoms with Gasteiger partial charge >= 0.3 is 0 Å².